The summed E-state index contributed by atoms with van der Waals surface area (Å²) in [6.45, 7) is 4.18. The first-order valence-corrected chi connectivity index (χ1v) is 6.37. The number of hydrogen-bond acceptors (Lipinski definition) is 5. The Balaban J connectivity index is 2.19. The fraction of sp³-hybridized carbons (Fsp3) is 0.800. The molecular weight excluding hydrogens is 210 g/mol. The normalized spacial score (nSPS) is 28.2. The molecule has 0 spiro atoms. The number of rotatable bonds is 3. The van der Waals surface area contributed by atoms with E-state index >= 15 is 0 Å². The molecule has 84 valence electrons. The summed E-state index contributed by atoms with van der Waals surface area (Å²) in [5, 5.41) is 8.14. The molecule has 1 aromatic rings. The molecular formula is C10H17N3OS. The predicted octanol–water partition coefficient (Wildman–Crippen LogP) is 2.22. The summed E-state index contributed by atoms with van der Waals surface area (Å²) in [5.74, 6) is 2.48. The third-order valence-corrected chi connectivity index (χ3v) is 4.38. The van der Waals surface area contributed by atoms with Crippen LogP contribution in [0.3, 0.4) is 0 Å². The van der Waals surface area contributed by atoms with Crippen molar-refractivity contribution in [3.63, 3.8) is 0 Å². The Morgan fingerprint density at radius 1 is 1.60 bits per heavy atom. The van der Waals surface area contributed by atoms with Gasteiger partial charge in [-0.3, -0.25) is 0 Å². The molecule has 1 saturated heterocycles. The Hall–Kier alpha value is -0.550. The molecule has 1 aliphatic heterocycles. The molecule has 0 saturated carbocycles. The summed E-state index contributed by atoms with van der Waals surface area (Å²) in [7, 11) is 0. The van der Waals surface area contributed by atoms with Crippen LogP contribution in [-0.4, -0.2) is 16.0 Å². The van der Waals surface area contributed by atoms with E-state index in [4.69, 9.17) is 10.2 Å². The average Bonchev–Trinajstić information content (AvgIpc) is 2.85. The van der Waals surface area contributed by atoms with Crippen LogP contribution in [0.2, 0.25) is 0 Å². The van der Waals surface area contributed by atoms with Gasteiger partial charge in [0.2, 0.25) is 11.8 Å². The van der Waals surface area contributed by atoms with E-state index in [1.807, 2.05) is 18.7 Å². The summed E-state index contributed by atoms with van der Waals surface area (Å²) in [6.07, 6.45) is 3.16. The van der Waals surface area contributed by atoms with E-state index in [1.54, 1.807) is 0 Å². The van der Waals surface area contributed by atoms with Crippen LogP contribution in [-0.2, 0) is 4.75 Å². The molecule has 15 heavy (non-hydrogen) atoms. The van der Waals surface area contributed by atoms with Gasteiger partial charge in [-0.05, 0) is 31.9 Å². The van der Waals surface area contributed by atoms with Gasteiger partial charge >= 0.3 is 0 Å². The molecule has 1 fully saturated rings. The molecule has 2 atom stereocenters. The minimum atomic E-state index is -0.124. The van der Waals surface area contributed by atoms with Crippen LogP contribution in [0.5, 0.6) is 0 Å². The summed E-state index contributed by atoms with van der Waals surface area (Å²) in [6, 6.07) is -0.124. The number of hydrogen-bond donors (Lipinski definition) is 1. The average molecular weight is 227 g/mol. The molecule has 1 aliphatic rings. The topological polar surface area (TPSA) is 64.9 Å². The molecule has 2 heterocycles. The summed E-state index contributed by atoms with van der Waals surface area (Å²) >= 11 is 1.89. The van der Waals surface area contributed by atoms with Crippen molar-refractivity contribution < 1.29 is 4.42 Å². The Kier molecular flexibility index (Phi) is 3.02. The zero-order valence-corrected chi connectivity index (χ0v) is 10.0. The minimum absolute atomic E-state index is 0.0126. The number of aromatic nitrogens is 2. The number of thioether (sulfide) groups is 1. The summed E-state index contributed by atoms with van der Waals surface area (Å²) in [4.78, 5) is 0. The van der Waals surface area contributed by atoms with Crippen LogP contribution in [0, 0.1) is 0 Å². The molecule has 2 unspecified atom stereocenters. The van der Waals surface area contributed by atoms with Crippen molar-refractivity contribution in [3.8, 4) is 0 Å². The zero-order valence-electron chi connectivity index (χ0n) is 9.19. The molecule has 0 bridgehead atoms. The van der Waals surface area contributed by atoms with Gasteiger partial charge in [0, 0.05) is 0 Å². The van der Waals surface area contributed by atoms with Crippen molar-refractivity contribution >= 4 is 11.8 Å². The number of nitrogens with two attached hydrogens (primary N) is 1. The zero-order chi connectivity index (χ0) is 10.9. The second-order valence-corrected chi connectivity index (χ2v) is 5.74. The van der Waals surface area contributed by atoms with Crippen LogP contribution in [0.4, 0.5) is 0 Å². The highest BCUT2D eigenvalue weighted by molar-refractivity contribution is 8.00. The first-order valence-electron chi connectivity index (χ1n) is 5.39. The highest BCUT2D eigenvalue weighted by Gasteiger charge is 2.37. The van der Waals surface area contributed by atoms with Crippen molar-refractivity contribution in [2.45, 2.75) is 43.9 Å². The Labute approximate surface area is 94.0 Å². The van der Waals surface area contributed by atoms with Crippen LogP contribution in [0.15, 0.2) is 4.42 Å². The fourth-order valence-electron chi connectivity index (χ4n) is 1.72. The first-order chi connectivity index (χ1) is 7.15. The van der Waals surface area contributed by atoms with Gasteiger partial charge in [0.05, 0.1) is 10.8 Å². The van der Waals surface area contributed by atoms with Crippen molar-refractivity contribution in [3.05, 3.63) is 11.8 Å². The van der Waals surface area contributed by atoms with Crippen LogP contribution in [0.25, 0.3) is 0 Å². The standard InChI is InChI=1S/C10H17N3OS/c1-3-7(11)8-12-13-9(14-8)10(2)5-4-6-15-10/h7H,3-6,11H2,1-2H3. The van der Waals surface area contributed by atoms with Crippen molar-refractivity contribution in [1.82, 2.24) is 10.2 Å². The van der Waals surface area contributed by atoms with E-state index in [0.29, 0.717) is 5.89 Å². The minimum Gasteiger partial charge on any atom is -0.422 e. The summed E-state index contributed by atoms with van der Waals surface area (Å²) < 4.78 is 5.67. The quantitative estimate of drug-likeness (QED) is 0.857. The van der Waals surface area contributed by atoms with E-state index in [1.165, 1.54) is 12.2 Å². The lowest BCUT2D eigenvalue weighted by Gasteiger charge is -2.16. The molecule has 0 aliphatic carbocycles. The molecule has 4 nitrogen and oxygen atoms in total. The summed E-state index contributed by atoms with van der Waals surface area (Å²) in [5.41, 5.74) is 5.85. The van der Waals surface area contributed by atoms with Gasteiger partial charge in [-0.2, -0.15) is 0 Å². The van der Waals surface area contributed by atoms with Gasteiger partial charge in [-0.15, -0.1) is 22.0 Å². The van der Waals surface area contributed by atoms with E-state index < -0.39 is 0 Å². The molecule has 0 radical (unpaired) electrons. The molecule has 2 rings (SSSR count). The van der Waals surface area contributed by atoms with Crippen molar-refractivity contribution in [2.24, 2.45) is 5.73 Å². The van der Waals surface area contributed by atoms with Gasteiger partial charge in [-0.25, -0.2) is 0 Å². The van der Waals surface area contributed by atoms with Gasteiger partial charge in [0.15, 0.2) is 0 Å². The van der Waals surface area contributed by atoms with Crippen LogP contribution < -0.4 is 5.73 Å². The lowest BCUT2D eigenvalue weighted by atomic mass is 10.1. The van der Waals surface area contributed by atoms with Crippen LogP contribution >= 0.6 is 11.8 Å². The molecule has 5 heteroatoms. The van der Waals surface area contributed by atoms with E-state index in [2.05, 4.69) is 17.1 Å². The van der Waals surface area contributed by atoms with Crippen molar-refractivity contribution in [2.75, 3.05) is 5.75 Å². The molecule has 2 N–H and O–H groups in total. The molecule has 0 aromatic carbocycles. The third kappa shape index (κ3) is 2.03. The molecule has 0 amide bonds. The maximum Gasteiger partial charge on any atom is 0.233 e. The van der Waals surface area contributed by atoms with Gasteiger partial charge in [0.25, 0.3) is 0 Å². The second kappa shape index (κ2) is 4.14. The van der Waals surface area contributed by atoms with Gasteiger partial charge < -0.3 is 10.2 Å². The third-order valence-electron chi connectivity index (χ3n) is 2.87. The van der Waals surface area contributed by atoms with E-state index in [0.717, 1.165) is 18.7 Å². The van der Waals surface area contributed by atoms with Crippen LogP contribution in [0.1, 0.15) is 50.9 Å². The SMILES string of the molecule is CCC(N)c1nnc(C2(C)CCCS2)o1. The second-order valence-electron chi connectivity index (χ2n) is 4.14. The number of nitrogens with zero attached hydrogens (tertiary/aromatic N) is 2. The maximum absolute atomic E-state index is 5.85. The Bertz CT molecular complexity index is 333. The lowest BCUT2D eigenvalue weighted by molar-refractivity contribution is 0.378. The fourth-order valence-corrected chi connectivity index (χ4v) is 2.95. The maximum atomic E-state index is 5.85. The monoisotopic (exact) mass is 227 g/mol. The predicted molar refractivity (Wildman–Crippen MR) is 60.6 cm³/mol. The first kappa shape index (κ1) is 11.0. The largest absolute Gasteiger partial charge is 0.422 e. The van der Waals surface area contributed by atoms with E-state index in [9.17, 15) is 0 Å². The highest BCUT2D eigenvalue weighted by atomic mass is 32.2. The van der Waals surface area contributed by atoms with Gasteiger partial charge in [0.1, 0.15) is 0 Å². The van der Waals surface area contributed by atoms with Crippen molar-refractivity contribution in [1.29, 1.82) is 0 Å². The van der Waals surface area contributed by atoms with Gasteiger partial charge in [-0.1, -0.05) is 6.92 Å². The Morgan fingerprint density at radius 3 is 3.00 bits per heavy atom. The lowest BCUT2D eigenvalue weighted by Crippen LogP contribution is -2.13. The van der Waals surface area contributed by atoms with E-state index in [-0.39, 0.29) is 10.8 Å². The Morgan fingerprint density at radius 2 is 2.40 bits per heavy atom. The highest BCUT2D eigenvalue weighted by Crippen LogP contribution is 2.45. The smallest absolute Gasteiger partial charge is 0.233 e. The molecule has 1 aromatic heterocycles.